The summed E-state index contributed by atoms with van der Waals surface area (Å²) in [4.78, 5) is 11.5. The van der Waals surface area contributed by atoms with E-state index in [2.05, 4.69) is 5.32 Å². The van der Waals surface area contributed by atoms with Gasteiger partial charge in [-0.05, 0) is 26.3 Å². The van der Waals surface area contributed by atoms with Crippen LogP contribution in [0.15, 0.2) is 24.3 Å². The third-order valence-electron chi connectivity index (χ3n) is 2.79. The van der Waals surface area contributed by atoms with Gasteiger partial charge >= 0.3 is 6.09 Å². The zero-order valence-electron chi connectivity index (χ0n) is 13.0. The number of hydrogen-bond donors (Lipinski definition) is 5. The van der Waals surface area contributed by atoms with E-state index in [1.807, 2.05) is 0 Å². The average molecular weight is 309 g/mol. The largest absolute Gasteiger partial charge is 0.444 e. The lowest BCUT2D eigenvalue weighted by molar-refractivity contribution is 0.0128. The number of benzene rings is 1. The van der Waals surface area contributed by atoms with Crippen molar-refractivity contribution >= 4 is 11.9 Å². The zero-order chi connectivity index (χ0) is 16.9. The van der Waals surface area contributed by atoms with Crippen LogP contribution >= 0.6 is 0 Å². The van der Waals surface area contributed by atoms with Gasteiger partial charge in [0.25, 0.3) is 0 Å². The second-order valence-corrected chi connectivity index (χ2v) is 5.90. The van der Waals surface area contributed by atoms with Crippen LogP contribution < -0.4 is 11.1 Å². The zero-order valence-corrected chi connectivity index (χ0v) is 13.0. The number of rotatable bonds is 5. The number of carbonyl (C=O) groups excluding carboxylic acids is 1. The Labute approximate surface area is 129 Å². The predicted octanol–water partition coefficient (Wildman–Crippen LogP) is 0.890. The van der Waals surface area contributed by atoms with Gasteiger partial charge in [0.1, 0.15) is 23.6 Å². The molecule has 2 unspecified atom stereocenters. The number of aliphatic hydroxyl groups excluding tert-OH is 2. The lowest BCUT2D eigenvalue weighted by Crippen LogP contribution is -2.39. The number of alkyl carbamates (subject to hydrolysis) is 1. The smallest absolute Gasteiger partial charge is 0.407 e. The topological polar surface area (TPSA) is 129 Å². The molecule has 1 amide bonds. The highest BCUT2D eigenvalue weighted by atomic mass is 16.6. The molecule has 1 aromatic carbocycles. The highest BCUT2D eigenvalue weighted by Gasteiger charge is 2.23. The van der Waals surface area contributed by atoms with E-state index in [9.17, 15) is 15.0 Å². The number of nitrogens with one attached hydrogen (secondary N) is 2. The van der Waals surface area contributed by atoms with Gasteiger partial charge in [0.2, 0.25) is 0 Å². The average Bonchev–Trinajstić information content (AvgIpc) is 2.42. The van der Waals surface area contributed by atoms with E-state index in [0.717, 1.165) is 0 Å². The number of nitrogen functional groups attached to an aromatic ring is 1. The van der Waals surface area contributed by atoms with Crippen molar-refractivity contribution in [3.8, 4) is 0 Å². The number of carbonyl (C=O) groups is 1. The van der Waals surface area contributed by atoms with Crippen LogP contribution in [0.1, 0.15) is 38.0 Å². The van der Waals surface area contributed by atoms with Crippen molar-refractivity contribution in [1.29, 1.82) is 5.41 Å². The summed E-state index contributed by atoms with van der Waals surface area (Å²) >= 11 is 0. The molecule has 1 rings (SSSR count). The molecular formula is C15H23N3O4. The maximum atomic E-state index is 11.5. The normalized spacial score (nSPS) is 14.0. The van der Waals surface area contributed by atoms with E-state index < -0.39 is 23.9 Å². The van der Waals surface area contributed by atoms with E-state index >= 15 is 0 Å². The van der Waals surface area contributed by atoms with Crippen LogP contribution in [0.5, 0.6) is 0 Å². The quantitative estimate of drug-likeness (QED) is 0.407. The minimum absolute atomic E-state index is 0.192. The van der Waals surface area contributed by atoms with E-state index in [1.54, 1.807) is 45.0 Å². The molecule has 0 aliphatic carbocycles. The van der Waals surface area contributed by atoms with Crippen LogP contribution in [0.3, 0.4) is 0 Å². The summed E-state index contributed by atoms with van der Waals surface area (Å²) in [7, 11) is 0. The minimum atomic E-state index is -1.28. The number of aliphatic hydroxyl groups is 2. The molecule has 6 N–H and O–H groups in total. The first-order chi connectivity index (χ1) is 10.1. The Morgan fingerprint density at radius 3 is 2.50 bits per heavy atom. The fourth-order valence-electron chi connectivity index (χ4n) is 1.82. The molecule has 0 radical (unpaired) electrons. The van der Waals surface area contributed by atoms with Crippen LogP contribution in [0.2, 0.25) is 0 Å². The van der Waals surface area contributed by atoms with Crippen molar-refractivity contribution < 1.29 is 19.7 Å². The monoisotopic (exact) mass is 309 g/mol. The van der Waals surface area contributed by atoms with Gasteiger partial charge in [0.15, 0.2) is 0 Å². The van der Waals surface area contributed by atoms with Crippen molar-refractivity contribution in [3.63, 3.8) is 0 Å². The third-order valence-corrected chi connectivity index (χ3v) is 2.79. The van der Waals surface area contributed by atoms with Crippen molar-refractivity contribution in [1.82, 2.24) is 5.32 Å². The summed E-state index contributed by atoms with van der Waals surface area (Å²) in [6.45, 7) is 4.98. The minimum Gasteiger partial charge on any atom is -0.444 e. The molecule has 0 aliphatic rings. The molecule has 7 nitrogen and oxygen atoms in total. The van der Waals surface area contributed by atoms with Crippen LogP contribution in [0, 0.1) is 5.41 Å². The molecule has 0 bridgehead atoms. The summed E-state index contributed by atoms with van der Waals surface area (Å²) in [6.07, 6.45) is -3.22. The fraction of sp³-hybridized carbons (Fsp3) is 0.467. The lowest BCUT2D eigenvalue weighted by Gasteiger charge is -2.23. The Bertz CT molecular complexity index is 540. The number of ether oxygens (including phenoxy) is 1. The van der Waals surface area contributed by atoms with Crippen molar-refractivity contribution in [2.75, 3.05) is 6.54 Å². The van der Waals surface area contributed by atoms with Crippen LogP contribution in [-0.4, -0.2) is 40.4 Å². The van der Waals surface area contributed by atoms with Crippen LogP contribution in [0.25, 0.3) is 0 Å². The van der Waals surface area contributed by atoms with Gasteiger partial charge < -0.3 is 26.0 Å². The Morgan fingerprint density at radius 2 is 1.95 bits per heavy atom. The Kier molecular flexibility index (Phi) is 5.90. The van der Waals surface area contributed by atoms with Crippen molar-refractivity contribution in [3.05, 3.63) is 35.4 Å². The molecule has 0 saturated heterocycles. The van der Waals surface area contributed by atoms with Gasteiger partial charge in [-0.3, -0.25) is 5.41 Å². The number of hydrogen-bond acceptors (Lipinski definition) is 5. The van der Waals surface area contributed by atoms with Crippen LogP contribution in [-0.2, 0) is 4.74 Å². The van der Waals surface area contributed by atoms with Gasteiger partial charge in [-0.1, -0.05) is 24.3 Å². The molecule has 0 fully saturated rings. The second-order valence-electron chi connectivity index (χ2n) is 5.90. The molecule has 7 heteroatoms. The first-order valence-corrected chi connectivity index (χ1v) is 6.88. The van der Waals surface area contributed by atoms with E-state index in [0.29, 0.717) is 11.1 Å². The fourth-order valence-corrected chi connectivity index (χ4v) is 1.82. The SMILES string of the molecule is CC(C)(C)OC(=O)NCC(O)C(O)c1ccccc1C(=N)N. The maximum absolute atomic E-state index is 11.5. The summed E-state index contributed by atoms with van der Waals surface area (Å²) in [5, 5.41) is 30.0. The first-order valence-electron chi connectivity index (χ1n) is 6.88. The Hall–Kier alpha value is -2.12. The maximum Gasteiger partial charge on any atom is 0.407 e. The van der Waals surface area contributed by atoms with Gasteiger partial charge in [0, 0.05) is 12.1 Å². The van der Waals surface area contributed by atoms with Gasteiger partial charge in [-0.15, -0.1) is 0 Å². The first kappa shape index (κ1) is 17.9. The van der Waals surface area contributed by atoms with Crippen molar-refractivity contribution in [2.24, 2.45) is 5.73 Å². The number of amidine groups is 1. The molecule has 0 heterocycles. The molecule has 1 aromatic rings. The van der Waals surface area contributed by atoms with E-state index in [4.69, 9.17) is 15.9 Å². The van der Waals surface area contributed by atoms with Gasteiger partial charge in [0.05, 0.1) is 0 Å². The molecule has 0 aromatic heterocycles. The van der Waals surface area contributed by atoms with E-state index in [-0.39, 0.29) is 12.4 Å². The Morgan fingerprint density at radius 1 is 1.36 bits per heavy atom. The summed E-state index contributed by atoms with van der Waals surface area (Å²) in [5.74, 6) is -0.207. The third kappa shape index (κ3) is 5.34. The highest BCUT2D eigenvalue weighted by Crippen LogP contribution is 2.20. The van der Waals surface area contributed by atoms with Crippen LogP contribution in [0.4, 0.5) is 4.79 Å². The molecule has 2 atom stereocenters. The summed E-state index contributed by atoms with van der Waals surface area (Å²) in [6, 6.07) is 6.49. The van der Waals surface area contributed by atoms with Gasteiger partial charge in [-0.2, -0.15) is 0 Å². The summed E-state index contributed by atoms with van der Waals surface area (Å²) < 4.78 is 5.04. The van der Waals surface area contributed by atoms with Gasteiger partial charge in [-0.25, -0.2) is 4.79 Å². The molecule has 0 saturated carbocycles. The molecule has 0 spiro atoms. The standard InChI is InChI=1S/C15H23N3O4/c1-15(2,3)22-14(21)18-8-11(19)12(20)9-6-4-5-7-10(9)13(16)17/h4-7,11-12,19-20H,8H2,1-3H3,(H3,16,17)(H,18,21). The molecular weight excluding hydrogens is 286 g/mol. The summed E-state index contributed by atoms with van der Waals surface area (Å²) in [5.41, 5.74) is 5.47. The number of amides is 1. The number of nitrogens with two attached hydrogens (primary N) is 1. The Balaban J connectivity index is 2.68. The molecule has 122 valence electrons. The lowest BCUT2D eigenvalue weighted by atomic mass is 9.98. The highest BCUT2D eigenvalue weighted by molar-refractivity contribution is 5.96. The van der Waals surface area contributed by atoms with Crippen molar-refractivity contribution in [2.45, 2.75) is 38.6 Å². The second kappa shape index (κ2) is 7.24. The molecule has 22 heavy (non-hydrogen) atoms. The van der Waals surface area contributed by atoms with E-state index in [1.165, 1.54) is 0 Å². The predicted molar refractivity (Wildman–Crippen MR) is 82.7 cm³/mol. The molecule has 0 aliphatic heterocycles.